The molecule has 0 spiro atoms. The van der Waals surface area contributed by atoms with Crippen molar-refractivity contribution in [1.82, 2.24) is 5.32 Å². The van der Waals surface area contributed by atoms with Crippen molar-refractivity contribution in [3.05, 3.63) is 46.7 Å². The Morgan fingerprint density at radius 2 is 2.06 bits per heavy atom. The predicted octanol–water partition coefficient (Wildman–Crippen LogP) is 2.14. The van der Waals surface area contributed by atoms with E-state index in [0.717, 1.165) is 5.75 Å². The van der Waals surface area contributed by atoms with E-state index < -0.39 is 0 Å². The lowest BCUT2D eigenvalue weighted by Gasteiger charge is -2.07. The molecule has 5 heteroatoms. The van der Waals surface area contributed by atoms with Crippen molar-refractivity contribution in [3.8, 4) is 5.75 Å². The number of benzene rings is 1. The molecule has 2 aromatic rings. The van der Waals surface area contributed by atoms with Crippen LogP contribution in [0.2, 0.25) is 0 Å². The number of thiophene rings is 1. The molecule has 0 unspecified atom stereocenters. The summed E-state index contributed by atoms with van der Waals surface area (Å²) in [4.78, 5) is 12.3. The van der Waals surface area contributed by atoms with Gasteiger partial charge in [-0.25, -0.2) is 0 Å². The molecule has 0 aliphatic carbocycles. The van der Waals surface area contributed by atoms with E-state index in [0.29, 0.717) is 23.7 Å². The Balaban J connectivity index is 1.70. The number of hydrogen-bond donors (Lipinski definition) is 2. The zero-order valence-electron chi connectivity index (χ0n) is 9.76. The first kappa shape index (κ1) is 12.4. The Kier molecular flexibility index (Phi) is 4.20. The summed E-state index contributed by atoms with van der Waals surface area (Å²) in [6, 6.07) is 10.8. The van der Waals surface area contributed by atoms with Crippen LogP contribution in [0.5, 0.6) is 5.75 Å². The molecule has 18 heavy (non-hydrogen) atoms. The lowest BCUT2D eigenvalue weighted by Crippen LogP contribution is -2.27. The lowest BCUT2D eigenvalue weighted by molar-refractivity contribution is 0.0951. The molecule has 0 radical (unpaired) electrons. The van der Waals surface area contributed by atoms with Crippen LogP contribution in [0.4, 0.5) is 5.69 Å². The Bertz CT molecular complexity index is 494. The topological polar surface area (TPSA) is 64.3 Å². The smallest absolute Gasteiger partial charge is 0.261 e. The minimum atomic E-state index is -0.0640. The molecular weight excluding hydrogens is 248 g/mol. The van der Waals surface area contributed by atoms with E-state index in [4.69, 9.17) is 10.5 Å². The minimum absolute atomic E-state index is 0.0640. The summed E-state index contributed by atoms with van der Waals surface area (Å²) in [7, 11) is 0. The number of amides is 1. The van der Waals surface area contributed by atoms with Crippen LogP contribution in [0.3, 0.4) is 0 Å². The minimum Gasteiger partial charge on any atom is -0.492 e. The molecule has 0 saturated heterocycles. The number of nitrogens with two attached hydrogens (primary N) is 1. The quantitative estimate of drug-likeness (QED) is 0.641. The van der Waals surface area contributed by atoms with Crippen molar-refractivity contribution >= 4 is 22.9 Å². The molecule has 0 aliphatic rings. The van der Waals surface area contributed by atoms with Crippen LogP contribution in [0, 0.1) is 0 Å². The molecule has 3 N–H and O–H groups in total. The summed E-state index contributed by atoms with van der Waals surface area (Å²) in [5, 5.41) is 4.66. The molecule has 1 heterocycles. The second-order valence-electron chi connectivity index (χ2n) is 3.65. The largest absolute Gasteiger partial charge is 0.492 e. The number of hydrogen-bond acceptors (Lipinski definition) is 4. The maximum absolute atomic E-state index is 11.6. The van der Waals surface area contributed by atoms with Crippen LogP contribution in [0.1, 0.15) is 9.67 Å². The maximum Gasteiger partial charge on any atom is 0.261 e. The fraction of sp³-hybridized carbons (Fsp3) is 0.154. The molecule has 1 amide bonds. The predicted molar refractivity (Wildman–Crippen MR) is 73.0 cm³/mol. The van der Waals surface area contributed by atoms with Crippen molar-refractivity contribution in [2.24, 2.45) is 0 Å². The van der Waals surface area contributed by atoms with Gasteiger partial charge in [0.15, 0.2) is 0 Å². The number of carbonyl (C=O) groups is 1. The average Bonchev–Trinajstić information content (AvgIpc) is 2.90. The molecule has 1 aromatic carbocycles. The lowest BCUT2D eigenvalue weighted by atomic mass is 10.3. The van der Waals surface area contributed by atoms with Crippen molar-refractivity contribution < 1.29 is 9.53 Å². The summed E-state index contributed by atoms with van der Waals surface area (Å²) < 4.78 is 5.46. The number of carbonyl (C=O) groups excluding carboxylic acids is 1. The second-order valence-corrected chi connectivity index (χ2v) is 4.60. The SMILES string of the molecule is Nc1ccc(OCCNC(=O)c2cccs2)cc1. The molecule has 0 atom stereocenters. The highest BCUT2D eigenvalue weighted by molar-refractivity contribution is 7.12. The Hall–Kier alpha value is -2.01. The standard InChI is InChI=1S/C13H14N2O2S/c14-10-3-5-11(6-4-10)17-8-7-15-13(16)12-2-1-9-18-12/h1-6,9H,7-8,14H2,(H,15,16). The van der Waals surface area contributed by atoms with Gasteiger partial charge < -0.3 is 15.8 Å². The van der Waals surface area contributed by atoms with E-state index in [9.17, 15) is 4.79 Å². The Labute approximate surface area is 109 Å². The summed E-state index contributed by atoms with van der Waals surface area (Å²) in [6.07, 6.45) is 0. The number of ether oxygens (including phenoxy) is 1. The number of anilines is 1. The fourth-order valence-corrected chi connectivity index (χ4v) is 2.03. The van der Waals surface area contributed by atoms with E-state index in [1.807, 2.05) is 11.4 Å². The Morgan fingerprint density at radius 1 is 1.28 bits per heavy atom. The maximum atomic E-state index is 11.6. The van der Waals surface area contributed by atoms with Crippen LogP contribution in [-0.4, -0.2) is 19.1 Å². The number of nitrogens with one attached hydrogen (secondary N) is 1. The fourth-order valence-electron chi connectivity index (χ4n) is 1.39. The molecule has 2 rings (SSSR count). The number of nitrogen functional groups attached to an aromatic ring is 1. The van der Waals surface area contributed by atoms with Crippen LogP contribution in [0.15, 0.2) is 41.8 Å². The van der Waals surface area contributed by atoms with Gasteiger partial charge in [-0.05, 0) is 35.7 Å². The average molecular weight is 262 g/mol. The van der Waals surface area contributed by atoms with Gasteiger partial charge in [0.2, 0.25) is 0 Å². The van der Waals surface area contributed by atoms with Crippen molar-refractivity contribution in [2.75, 3.05) is 18.9 Å². The highest BCUT2D eigenvalue weighted by Gasteiger charge is 2.04. The van der Waals surface area contributed by atoms with Gasteiger partial charge in [0.1, 0.15) is 12.4 Å². The van der Waals surface area contributed by atoms with Crippen LogP contribution in [-0.2, 0) is 0 Å². The second kappa shape index (κ2) is 6.07. The monoisotopic (exact) mass is 262 g/mol. The van der Waals surface area contributed by atoms with Gasteiger partial charge in [-0.3, -0.25) is 4.79 Å². The molecule has 4 nitrogen and oxygen atoms in total. The molecule has 0 fully saturated rings. The third-order valence-electron chi connectivity index (χ3n) is 2.28. The van der Waals surface area contributed by atoms with Gasteiger partial charge in [0, 0.05) is 5.69 Å². The first-order chi connectivity index (χ1) is 8.75. The highest BCUT2D eigenvalue weighted by Crippen LogP contribution is 2.12. The highest BCUT2D eigenvalue weighted by atomic mass is 32.1. The zero-order chi connectivity index (χ0) is 12.8. The normalized spacial score (nSPS) is 10.0. The van der Waals surface area contributed by atoms with E-state index in [1.165, 1.54) is 11.3 Å². The molecule has 0 bridgehead atoms. The first-order valence-corrected chi connectivity index (χ1v) is 6.44. The molecule has 94 valence electrons. The van der Waals surface area contributed by atoms with Crippen molar-refractivity contribution in [1.29, 1.82) is 0 Å². The van der Waals surface area contributed by atoms with Crippen LogP contribution in [0.25, 0.3) is 0 Å². The van der Waals surface area contributed by atoms with Gasteiger partial charge in [0.05, 0.1) is 11.4 Å². The van der Waals surface area contributed by atoms with E-state index in [1.54, 1.807) is 30.3 Å². The van der Waals surface area contributed by atoms with E-state index in [2.05, 4.69) is 5.32 Å². The summed E-state index contributed by atoms with van der Waals surface area (Å²) in [6.45, 7) is 0.905. The molecule has 1 aromatic heterocycles. The van der Waals surface area contributed by atoms with Crippen LogP contribution >= 0.6 is 11.3 Å². The van der Waals surface area contributed by atoms with Gasteiger partial charge >= 0.3 is 0 Å². The summed E-state index contributed by atoms with van der Waals surface area (Å²) in [5.41, 5.74) is 6.27. The third kappa shape index (κ3) is 3.49. The Morgan fingerprint density at radius 3 is 2.72 bits per heavy atom. The van der Waals surface area contributed by atoms with Gasteiger partial charge in [-0.2, -0.15) is 0 Å². The van der Waals surface area contributed by atoms with E-state index in [-0.39, 0.29) is 5.91 Å². The molecule has 0 saturated carbocycles. The summed E-state index contributed by atoms with van der Waals surface area (Å²) in [5.74, 6) is 0.681. The molecule has 0 aliphatic heterocycles. The first-order valence-electron chi connectivity index (χ1n) is 5.56. The molecular formula is C13H14N2O2S. The zero-order valence-corrected chi connectivity index (χ0v) is 10.6. The van der Waals surface area contributed by atoms with E-state index >= 15 is 0 Å². The van der Waals surface area contributed by atoms with Gasteiger partial charge in [0.25, 0.3) is 5.91 Å². The summed E-state index contributed by atoms with van der Waals surface area (Å²) >= 11 is 1.42. The third-order valence-corrected chi connectivity index (χ3v) is 3.15. The van der Waals surface area contributed by atoms with Crippen molar-refractivity contribution in [3.63, 3.8) is 0 Å². The van der Waals surface area contributed by atoms with Crippen LogP contribution < -0.4 is 15.8 Å². The van der Waals surface area contributed by atoms with Crippen molar-refractivity contribution in [2.45, 2.75) is 0 Å². The van der Waals surface area contributed by atoms with Gasteiger partial charge in [-0.15, -0.1) is 11.3 Å². The number of rotatable bonds is 5. The van der Waals surface area contributed by atoms with Gasteiger partial charge in [-0.1, -0.05) is 6.07 Å².